The molecule has 3 N–H and O–H groups in total. The lowest BCUT2D eigenvalue weighted by Gasteiger charge is -2.65. The molecule has 3 unspecified atom stereocenters. The summed E-state index contributed by atoms with van der Waals surface area (Å²) in [6.07, 6.45) is 8.56. The van der Waals surface area contributed by atoms with E-state index in [1.807, 2.05) is 21.0 Å². The van der Waals surface area contributed by atoms with Crippen molar-refractivity contribution in [2.75, 3.05) is 7.11 Å². The monoisotopic (exact) mass is 504 g/mol. The van der Waals surface area contributed by atoms with Gasteiger partial charge in [0.25, 0.3) is 0 Å². The third kappa shape index (κ3) is 2.86. The van der Waals surface area contributed by atoms with Crippen LogP contribution in [0.2, 0.25) is 0 Å². The van der Waals surface area contributed by atoms with Crippen LogP contribution < -0.4 is 0 Å². The lowest BCUT2D eigenvalue weighted by Crippen LogP contribution is -2.62. The van der Waals surface area contributed by atoms with Crippen LogP contribution in [-0.2, 0) is 9.47 Å². The van der Waals surface area contributed by atoms with E-state index in [9.17, 15) is 15.3 Å². The maximum atomic E-state index is 11.8. The first-order valence-corrected chi connectivity index (χ1v) is 14.8. The van der Waals surface area contributed by atoms with Crippen LogP contribution in [0.3, 0.4) is 0 Å². The second kappa shape index (κ2) is 7.30. The molecule has 12 atom stereocenters. The number of hydrogen-bond donors (Lipinski definition) is 3. The third-order valence-corrected chi connectivity index (χ3v) is 14.1. The summed E-state index contributed by atoms with van der Waals surface area (Å²) in [4.78, 5) is 0. The Morgan fingerprint density at radius 2 is 1.56 bits per heavy atom. The first-order valence-electron chi connectivity index (χ1n) is 14.8. The highest BCUT2D eigenvalue weighted by Gasteiger charge is 2.85. The highest BCUT2D eigenvalue weighted by Crippen LogP contribution is 2.89. The average Bonchev–Trinajstić information content (AvgIpc) is 3.14. The lowest BCUT2D eigenvalue weighted by atomic mass is 9.41. The van der Waals surface area contributed by atoms with Crippen LogP contribution in [0.1, 0.15) is 106 Å². The quantitative estimate of drug-likeness (QED) is 0.499. The molecule has 0 radical (unpaired) electrons. The number of fused-ring (bicyclic) bond motifs is 2. The first kappa shape index (κ1) is 26.0. The zero-order valence-corrected chi connectivity index (χ0v) is 24.1. The van der Waals surface area contributed by atoms with Gasteiger partial charge in [-0.3, -0.25) is 0 Å². The smallest absolute Gasteiger partial charge is 0.0865 e. The second-order valence-corrected chi connectivity index (χ2v) is 16.1. The van der Waals surface area contributed by atoms with E-state index in [1.165, 1.54) is 12.8 Å². The number of rotatable bonds is 3. The molecule has 0 aromatic rings. The SMILES string of the molecule is CO[C@H]1CC2C3(CC[C@]4(C)[C@@H]([C@@]5(C)CC[C@@H](C(C)(C)O)O5)[C@@H](O)C[C@@]24C)CC32CC[C@H](O)C(C)(C)[C@H]12. The largest absolute Gasteiger partial charge is 0.393 e. The highest BCUT2D eigenvalue weighted by molar-refractivity contribution is 5.33. The lowest BCUT2D eigenvalue weighted by molar-refractivity contribution is -0.217. The minimum Gasteiger partial charge on any atom is -0.393 e. The van der Waals surface area contributed by atoms with Gasteiger partial charge in [0.1, 0.15) is 0 Å². The zero-order valence-electron chi connectivity index (χ0n) is 24.1. The van der Waals surface area contributed by atoms with E-state index in [4.69, 9.17) is 9.47 Å². The standard InChI is InChI=1S/C31H52O5/c1-25(2)21(33)9-12-31-17-30(31)14-13-27(5)23(29(7)11-10-22(36-29)26(3,4)34)18(32)16-28(27,6)20(30)15-19(35-8)24(25)31/h18-24,32-34H,9-17H2,1-8H3/t18-,19-,20?,21-,22-,23-,24-,27+,28-,29+,30?,31?/m0/s1. The molecule has 6 rings (SSSR count). The van der Waals surface area contributed by atoms with E-state index < -0.39 is 17.3 Å². The molecule has 0 bridgehead atoms. The fraction of sp³-hybridized carbons (Fsp3) is 1.00. The molecule has 0 aromatic heterocycles. The summed E-state index contributed by atoms with van der Waals surface area (Å²) >= 11 is 0. The molecular formula is C31H52O5. The van der Waals surface area contributed by atoms with Crippen LogP contribution >= 0.6 is 0 Å². The number of methoxy groups -OCH3 is 1. The number of aliphatic hydroxyl groups excluding tert-OH is 2. The van der Waals surface area contributed by atoms with Crippen molar-refractivity contribution in [1.82, 2.24) is 0 Å². The van der Waals surface area contributed by atoms with Crippen LogP contribution in [-0.4, -0.2) is 58.0 Å². The minimum atomic E-state index is -0.870. The molecule has 5 saturated carbocycles. The molecule has 2 spiro atoms. The second-order valence-electron chi connectivity index (χ2n) is 16.1. The van der Waals surface area contributed by atoms with Gasteiger partial charge in [0.2, 0.25) is 0 Å². The van der Waals surface area contributed by atoms with Gasteiger partial charge in [-0.1, -0.05) is 27.7 Å². The Kier molecular flexibility index (Phi) is 5.28. The molecule has 5 nitrogen and oxygen atoms in total. The van der Waals surface area contributed by atoms with Gasteiger partial charge in [0.05, 0.1) is 35.6 Å². The molecule has 0 aromatic carbocycles. The Morgan fingerprint density at radius 1 is 0.861 bits per heavy atom. The van der Waals surface area contributed by atoms with Crippen molar-refractivity contribution in [3.05, 3.63) is 0 Å². The maximum Gasteiger partial charge on any atom is 0.0865 e. The van der Waals surface area contributed by atoms with Crippen molar-refractivity contribution in [2.24, 2.45) is 44.8 Å². The van der Waals surface area contributed by atoms with E-state index in [-0.39, 0.29) is 45.9 Å². The molecule has 1 heterocycles. The van der Waals surface area contributed by atoms with Gasteiger partial charge in [0.15, 0.2) is 0 Å². The van der Waals surface area contributed by atoms with Crippen molar-refractivity contribution in [1.29, 1.82) is 0 Å². The Balaban J connectivity index is 1.38. The van der Waals surface area contributed by atoms with Gasteiger partial charge in [-0.25, -0.2) is 0 Å². The molecule has 6 aliphatic rings. The summed E-state index contributed by atoms with van der Waals surface area (Å²) in [5.41, 5.74) is -0.844. The normalized spacial score (nSPS) is 59.6. The van der Waals surface area contributed by atoms with Crippen molar-refractivity contribution in [3.8, 4) is 0 Å². The Hall–Kier alpha value is -0.200. The van der Waals surface area contributed by atoms with Crippen LogP contribution in [0.4, 0.5) is 0 Å². The molecule has 0 amide bonds. The van der Waals surface area contributed by atoms with E-state index in [0.29, 0.717) is 17.3 Å². The van der Waals surface area contributed by atoms with Gasteiger partial charge >= 0.3 is 0 Å². The molecule has 5 heteroatoms. The molecule has 1 aliphatic heterocycles. The van der Waals surface area contributed by atoms with E-state index in [0.717, 1.165) is 44.9 Å². The maximum absolute atomic E-state index is 11.8. The molecule has 36 heavy (non-hydrogen) atoms. The minimum absolute atomic E-state index is 0.0139. The topological polar surface area (TPSA) is 79.2 Å². The Bertz CT molecular complexity index is 926. The van der Waals surface area contributed by atoms with Crippen molar-refractivity contribution < 1.29 is 24.8 Å². The predicted molar refractivity (Wildman–Crippen MR) is 139 cm³/mol. The first-order chi connectivity index (χ1) is 16.5. The number of aliphatic hydroxyl groups is 3. The summed E-state index contributed by atoms with van der Waals surface area (Å²) in [6, 6.07) is 0. The van der Waals surface area contributed by atoms with Crippen molar-refractivity contribution >= 4 is 0 Å². The summed E-state index contributed by atoms with van der Waals surface area (Å²) < 4.78 is 13.0. The van der Waals surface area contributed by atoms with Crippen LogP contribution in [0.5, 0.6) is 0 Å². The average molecular weight is 505 g/mol. The van der Waals surface area contributed by atoms with E-state index in [1.54, 1.807) is 0 Å². The summed E-state index contributed by atoms with van der Waals surface area (Å²) in [7, 11) is 1.88. The van der Waals surface area contributed by atoms with Crippen LogP contribution in [0, 0.1) is 44.8 Å². The van der Waals surface area contributed by atoms with Gasteiger partial charge in [0, 0.05) is 13.0 Å². The van der Waals surface area contributed by atoms with Gasteiger partial charge in [-0.2, -0.15) is 0 Å². The third-order valence-electron chi connectivity index (χ3n) is 14.1. The summed E-state index contributed by atoms with van der Waals surface area (Å²) in [6.45, 7) is 15.4. The van der Waals surface area contributed by atoms with E-state index >= 15 is 0 Å². The van der Waals surface area contributed by atoms with E-state index in [2.05, 4.69) is 34.6 Å². The van der Waals surface area contributed by atoms with Crippen LogP contribution in [0.15, 0.2) is 0 Å². The van der Waals surface area contributed by atoms with Gasteiger partial charge in [-0.05, 0) is 117 Å². The fourth-order valence-corrected chi connectivity index (χ4v) is 12.3. The van der Waals surface area contributed by atoms with Crippen LogP contribution in [0.25, 0.3) is 0 Å². The van der Waals surface area contributed by atoms with Gasteiger partial charge in [-0.15, -0.1) is 0 Å². The molecule has 5 aliphatic carbocycles. The Morgan fingerprint density at radius 3 is 2.17 bits per heavy atom. The zero-order chi connectivity index (χ0) is 26.3. The predicted octanol–water partition coefficient (Wildman–Crippen LogP) is 5.09. The molecular weight excluding hydrogens is 452 g/mol. The molecule has 6 fully saturated rings. The number of ether oxygens (including phenoxy) is 2. The van der Waals surface area contributed by atoms with Crippen molar-refractivity contribution in [2.45, 2.75) is 142 Å². The highest BCUT2D eigenvalue weighted by atomic mass is 16.5. The van der Waals surface area contributed by atoms with Crippen molar-refractivity contribution in [3.63, 3.8) is 0 Å². The number of hydrogen-bond acceptors (Lipinski definition) is 5. The summed E-state index contributed by atoms with van der Waals surface area (Å²) in [5.74, 6) is 0.983. The summed E-state index contributed by atoms with van der Waals surface area (Å²) in [5, 5.41) is 33.6. The molecule has 1 saturated heterocycles. The van der Waals surface area contributed by atoms with Gasteiger partial charge < -0.3 is 24.8 Å². The molecule has 206 valence electrons. The Labute approximate surface area is 218 Å². The fourth-order valence-electron chi connectivity index (χ4n) is 12.3.